The molecule has 282 valence electrons. The van der Waals surface area contributed by atoms with E-state index < -0.39 is 96.2 Å². The first-order valence-corrected chi connectivity index (χ1v) is 19.1. The Hall–Kier alpha value is -4.27. The fourth-order valence-corrected chi connectivity index (χ4v) is 11.4. The molecule has 5 heterocycles. The maximum atomic E-state index is 11.3. The average molecular weight is 779 g/mol. The van der Waals surface area contributed by atoms with Crippen molar-refractivity contribution in [1.82, 2.24) is 29.9 Å². The number of aromatic nitrogens is 8. The number of rotatable bonds is 0. The van der Waals surface area contributed by atoms with E-state index in [0.29, 0.717) is 67.8 Å². The topological polar surface area (TPSA) is 270 Å². The Balaban J connectivity index is 0.00000356. The van der Waals surface area contributed by atoms with Crippen molar-refractivity contribution in [1.29, 1.82) is 0 Å². The predicted molar refractivity (Wildman–Crippen MR) is 197 cm³/mol. The Bertz CT molecular complexity index is 2400. The first-order chi connectivity index (χ1) is 27.1. The van der Waals surface area contributed by atoms with Crippen LogP contribution in [0.25, 0.3) is 44.9 Å². The van der Waals surface area contributed by atoms with Crippen LogP contribution in [0.5, 0.6) is 0 Å². The summed E-state index contributed by atoms with van der Waals surface area (Å²) in [6.45, 7) is 0. The predicted octanol–water partition coefficient (Wildman–Crippen LogP) is -2.55. The molecule has 12 aliphatic carbocycles. The molecule has 10 N–H and O–H groups in total. The number of H-pyrrole nitrogens is 2. The minimum atomic E-state index is -1.13. The fourth-order valence-electron chi connectivity index (χ4n) is 11.4. The van der Waals surface area contributed by atoms with Gasteiger partial charge in [0.2, 0.25) is 0 Å². The molecule has 14 aliphatic rings. The second-order valence-corrected chi connectivity index (χ2v) is 16.6. The van der Waals surface area contributed by atoms with E-state index in [2.05, 4.69) is 9.97 Å². The molecule has 17 rings (SSSR count). The van der Waals surface area contributed by atoms with E-state index in [4.69, 9.17) is 29.9 Å². The molecule has 16 nitrogen and oxygen atoms in total. The number of aliphatic hydroxyl groups is 8. The Kier molecular flexibility index (Phi) is 6.99. The summed E-state index contributed by atoms with van der Waals surface area (Å²) in [5, 5.41) is 90.0. The minimum absolute atomic E-state index is 0. The summed E-state index contributed by atoms with van der Waals surface area (Å²) < 4.78 is 0. The Labute approximate surface area is 337 Å². The van der Waals surface area contributed by atoms with E-state index in [1.54, 1.807) is 0 Å². The fraction of sp³-hybridized carbons (Fsp3) is 0.400. The zero-order valence-electron chi connectivity index (χ0n) is 29.8. The molecular formula is C40H34MgN8O8+2. The van der Waals surface area contributed by atoms with Gasteiger partial charge in [-0.1, -0.05) is 63.6 Å². The summed E-state index contributed by atoms with van der Waals surface area (Å²) in [5.41, 5.74) is 5.93. The van der Waals surface area contributed by atoms with Gasteiger partial charge < -0.3 is 50.8 Å². The van der Waals surface area contributed by atoms with Gasteiger partial charge >= 0.3 is 23.1 Å². The SMILES string of the molecule is OC1C2C=CC(C3=C2c2nc4[n-]c(nc5[nH+]c(nc6[n-]c(nc3[nH+]2)c2c6C3C=CC2C(O)C3O)C2=C5C3C=CC2C(O)C3O)c2c4C3C=CC2C(O)C3O)C1O.[Mg+2]. The van der Waals surface area contributed by atoms with Crippen LogP contribution in [0.4, 0.5) is 0 Å². The maximum Gasteiger partial charge on any atom is 2.00 e. The monoisotopic (exact) mass is 778 g/mol. The van der Waals surface area contributed by atoms with E-state index >= 15 is 0 Å². The normalized spacial score (nSPS) is 40.4. The van der Waals surface area contributed by atoms with Gasteiger partial charge in [-0.3, -0.25) is 9.97 Å². The molecule has 0 saturated heterocycles. The summed E-state index contributed by atoms with van der Waals surface area (Å²) in [6.07, 6.45) is 5.80. The van der Waals surface area contributed by atoms with Gasteiger partial charge in [-0.15, -0.1) is 0 Å². The van der Waals surface area contributed by atoms with E-state index in [-0.39, 0.29) is 45.6 Å². The van der Waals surface area contributed by atoms with Gasteiger partial charge in [0.25, 0.3) is 17.5 Å². The molecule has 16 atom stereocenters. The van der Waals surface area contributed by atoms with Crippen LogP contribution < -0.4 is 19.9 Å². The maximum absolute atomic E-state index is 11.3. The van der Waals surface area contributed by atoms with Crippen LogP contribution in [0.1, 0.15) is 69.2 Å². The third kappa shape index (κ3) is 4.14. The van der Waals surface area contributed by atoms with Gasteiger partial charge in [0.1, 0.15) is 5.82 Å². The molecule has 0 fully saturated rings. The number of hydrogen-bond acceptors (Lipinski definition) is 12. The van der Waals surface area contributed by atoms with E-state index in [0.717, 1.165) is 0 Å². The standard InChI is InChI=1S/C40H32N8O8.Mg/c49-25-9-1-2-10(26(25)50)18-17(9)33-41-34(18)46-36-21-13-5-6-14(30(54)29(13)53)22(21)38(43-36)48-40-24-16-8-7-15(31(55)32(16)56)23(24)39(44-40)47-37-20-12-4-3-11(27(51)28(12)52)19(20)35(42-37)45-33;/h1-16,25-32,49-56H;/q-2;+2/p+2. The zero-order chi connectivity index (χ0) is 37.8. The number of aromatic amines is 2. The van der Waals surface area contributed by atoms with Crippen LogP contribution in [0.2, 0.25) is 0 Å². The Morgan fingerprint density at radius 1 is 0.333 bits per heavy atom. The summed E-state index contributed by atoms with van der Waals surface area (Å²) >= 11 is 0. The first-order valence-electron chi connectivity index (χ1n) is 19.1. The molecule has 0 amide bonds. The summed E-state index contributed by atoms with van der Waals surface area (Å²) in [4.78, 5) is 37.0. The van der Waals surface area contributed by atoms with Crippen LogP contribution in [-0.4, -0.2) is 133 Å². The smallest absolute Gasteiger partial charge is 0.389 e. The molecule has 0 radical (unpaired) electrons. The van der Waals surface area contributed by atoms with E-state index in [1.165, 1.54) is 0 Å². The van der Waals surface area contributed by atoms with Crippen molar-refractivity contribution in [2.75, 3.05) is 0 Å². The van der Waals surface area contributed by atoms with Crippen molar-refractivity contribution >= 4 is 67.9 Å². The van der Waals surface area contributed by atoms with Gasteiger partial charge in [0, 0.05) is 92.0 Å². The Morgan fingerprint density at radius 3 is 0.754 bits per heavy atom. The van der Waals surface area contributed by atoms with Gasteiger partial charge in [-0.2, -0.15) is 0 Å². The second kappa shape index (κ2) is 11.5. The van der Waals surface area contributed by atoms with E-state index in [1.807, 2.05) is 48.6 Å². The third-order valence-corrected chi connectivity index (χ3v) is 14.0. The van der Waals surface area contributed by atoms with Gasteiger partial charge in [0.05, 0.1) is 48.8 Å². The largest absolute Gasteiger partial charge is 2.00 e. The molecule has 2 aliphatic heterocycles. The first kappa shape index (κ1) is 34.7. The van der Waals surface area contributed by atoms with Crippen molar-refractivity contribution < 1.29 is 50.8 Å². The molecule has 16 bridgehead atoms. The van der Waals surface area contributed by atoms with Crippen molar-refractivity contribution in [2.24, 2.45) is 23.7 Å². The van der Waals surface area contributed by atoms with Crippen molar-refractivity contribution in [3.05, 3.63) is 94.2 Å². The summed E-state index contributed by atoms with van der Waals surface area (Å²) in [5.74, 6) is -3.80. The minimum Gasteiger partial charge on any atom is -0.389 e. The van der Waals surface area contributed by atoms with Crippen molar-refractivity contribution in [3.8, 4) is 0 Å². The van der Waals surface area contributed by atoms with Crippen molar-refractivity contribution in [3.63, 3.8) is 0 Å². The third-order valence-electron chi connectivity index (χ3n) is 14.0. The quantitative estimate of drug-likeness (QED) is 0.0863. The molecular weight excluding hydrogens is 745 g/mol. The van der Waals surface area contributed by atoms with Crippen LogP contribution >= 0.6 is 0 Å². The summed E-state index contributed by atoms with van der Waals surface area (Å²) in [6, 6.07) is 0. The van der Waals surface area contributed by atoms with Crippen LogP contribution in [-0.2, 0) is 0 Å². The van der Waals surface area contributed by atoms with Gasteiger partial charge in [0.15, 0.2) is 16.9 Å². The number of nitrogens with one attached hydrogen (secondary N) is 2. The Morgan fingerprint density at radius 2 is 0.526 bits per heavy atom. The molecule has 3 aromatic heterocycles. The van der Waals surface area contributed by atoms with Crippen LogP contribution in [0.3, 0.4) is 0 Å². The van der Waals surface area contributed by atoms with Crippen LogP contribution in [0, 0.1) is 23.7 Å². The molecule has 3 aromatic rings. The number of hydrogen-bond donors (Lipinski definition) is 8. The molecule has 0 aromatic carbocycles. The number of aliphatic hydroxyl groups excluding tert-OH is 8. The average Bonchev–Trinajstić information content (AvgIpc) is 3.96. The number of nitrogens with zero attached hydrogens (tertiary/aromatic N) is 6. The molecule has 0 spiro atoms. The number of fused-ring (bicyclic) bond motifs is 12. The van der Waals surface area contributed by atoms with Gasteiger partial charge in [-0.25, -0.2) is 4.98 Å². The van der Waals surface area contributed by atoms with Gasteiger partial charge in [-0.05, 0) is 5.56 Å². The molecule has 17 heteroatoms. The molecule has 16 unspecified atom stereocenters. The van der Waals surface area contributed by atoms with Crippen molar-refractivity contribution in [2.45, 2.75) is 72.5 Å². The summed E-state index contributed by atoms with van der Waals surface area (Å²) in [7, 11) is 0. The van der Waals surface area contributed by atoms with Crippen LogP contribution in [0.15, 0.2) is 48.6 Å². The second-order valence-electron chi connectivity index (χ2n) is 16.6. The van der Waals surface area contributed by atoms with E-state index in [9.17, 15) is 40.9 Å². The zero-order valence-corrected chi connectivity index (χ0v) is 31.2. The molecule has 57 heavy (non-hydrogen) atoms. The molecule has 0 saturated carbocycles.